The highest BCUT2D eigenvalue weighted by Crippen LogP contribution is 2.26. The van der Waals surface area contributed by atoms with Gasteiger partial charge in [-0.25, -0.2) is 4.98 Å². The van der Waals surface area contributed by atoms with Gasteiger partial charge in [0.05, 0.1) is 10.2 Å². The molecule has 0 aliphatic heterocycles. The van der Waals surface area contributed by atoms with Crippen LogP contribution in [0.3, 0.4) is 0 Å². The monoisotopic (exact) mass is 306 g/mol. The van der Waals surface area contributed by atoms with Crippen LogP contribution in [0.4, 0.5) is 5.13 Å². The second kappa shape index (κ2) is 7.41. The Morgan fingerprint density at radius 2 is 2.10 bits per heavy atom. The molecule has 114 valence electrons. The van der Waals surface area contributed by atoms with Crippen LogP contribution in [0.2, 0.25) is 0 Å². The van der Waals surface area contributed by atoms with Crippen LogP contribution >= 0.6 is 11.3 Å². The number of aromatic nitrogens is 1. The van der Waals surface area contributed by atoms with E-state index in [9.17, 15) is 4.79 Å². The Morgan fingerprint density at radius 1 is 1.33 bits per heavy atom. The number of carboxylic acid groups (broad SMARTS) is 1. The van der Waals surface area contributed by atoms with Gasteiger partial charge in [-0.2, -0.15) is 0 Å². The number of carboxylic acids is 1. The summed E-state index contributed by atoms with van der Waals surface area (Å²) in [4.78, 5) is 15.2. The predicted octanol–water partition coefficient (Wildman–Crippen LogP) is 4.24. The molecule has 5 heteroatoms. The molecular weight excluding hydrogens is 284 g/mol. The maximum atomic E-state index is 10.7. The summed E-state index contributed by atoms with van der Waals surface area (Å²) in [7, 11) is 0. The topological polar surface area (TPSA) is 62.2 Å². The molecule has 0 amide bonds. The first-order chi connectivity index (χ1) is 10.1. The average Bonchev–Trinajstić information content (AvgIpc) is 2.84. The molecule has 2 aromatic rings. The van der Waals surface area contributed by atoms with E-state index in [1.807, 2.05) is 18.2 Å². The van der Waals surface area contributed by atoms with E-state index in [4.69, 9.17) is 5.11 Å². The van der Waals surface area contributed by atoms with E-state index in [1.165, 1.54) is 4.70 Å². The Morgan fingerprint density at radius 3 is 2.76 bits per heavy atom. The van der Waals surface area contributed by atoms with Gasteiger partial charge in [-0.3, -0.25) is 4.79 Å². The van der Waals surface area contributed by atoms with E-state index in [1.54, 1.807) is 11.3 Å². The first-order valence-electron chi connectivity index (χ1n) is 7.37. The van der Waals surface area contributed by atoms with Crippen molar-refractivity contribution < 1.29 is 9.90 Å². The second-order valence-electron chi connectivity index (χ2n) is 5.64. The van der Waals surface area contributed by atoms with E-state index >= 15 is 0 Å². The second-order valence-corrected chi connectivity index (χ2v) is 6.67. The Labute approximate surface area is 129 Å². The number of rotatable bonds is 8. The van der Waals surface area contributed by atoms with E-state index in [0.717, 1.165) is 30.0 Å². The predicted molar refractivity (Wildman–Crippen MR) is 87.9 cm³/mol. The fourth-order valence-electron chi connectivity index (χ4n) is 2.43. The highest BCUT2D eigenvalue weighted by atomic mass is 32.1. The number of aliphatic carboxylic acids is 1. The lowest BCUT2D eigenvalue weighted by molar-refractivity contribution is -0.137. The smallest absolute Gasteiger partial charge is 0.303 e. The Bertz CT molecular complexity index is 562. The Kier molecular flexibility index (Phi) is 5.56. The highest BCUT2D eigenvalue weighted by molar-refractivity contribution is 7.22. The molecule has 2 N–H and O–H groups in total. The third kappa shape index (κ3) is 4.70. The molecule has 0 radical (unpaired) electrons. The summed E-state index contributed by atoms with van der Waals surface area (Å²) in [6, 6.07) is 8.10. The normalized spacial score (nSPS) is 12.7. The fraction of sp³-hybridized carbons (Fsp3) is 0.500. The van der Waals surface area contributed by atoms with Crippen LogP contribution in [0.25, 0.3) is 10.2 Å². The van der Waals surface area contributed by atoms with Gasteiger partial charge in [-0.05, 0) is 36.8 Å². The highest BCUT2D eigenvalue weighted by Gasteiger charge is 2.15. The molecule has 0 saturated heterocycles. The molecule has 1 atom stereocenters. The number of nitrogens with zero attached hydrogens (tertiary/aromatic N) is 1. The molecule has 0 spiro atoms. The van der Waals surface area contributed by atoms with Gasteiger partial charge in [-0.1, -0.05) is 37.3 Å². The number of para-hydroxylation sites is 1. The number of anilines is 1. The van der Waals surface area contributed by atoms with Crippen molar-refractivity contribution in [3.8, 4) is 0 Å². The zero-order chi connectivity index (χ0) is 15.2. The van der Waals surface area contributed by atoms with Crippen molar-refractivity contribution in [2.24, 2.45) is 11.8 Å². The third-order valence-corrected chi connectivity index (χ3v) is 4.75. The average molecular weight is 306 g/mol. The summed E-state index contributed by atoms with van der Waals surface area (Å²) < 4.78 is 1.19. The van der Waals surface area contributed by atoms with Crippen molar-refractivity contribution in [1.82, 2.24) is 4.98 Å². The standard InChI is InChI=1S/C16H22N2O2S/c1-11(2)12(7-8-15(19)20)9-10-17-16-18-13-5-3-4-6-14(13)21-16/h3-6,11-12H,7-10H2,1-2H3,(H,17,18)(H,19,20). The Hall–Kier alpha value is -1.62. The van der Waals surface area contributed by atoms with Crippen LogP contribution in [-0.4, -0.2) is 22.6 Å². The van der Waals surface area contributed by atoms with Gasteiger partial charge in [-0.15, -0.1) is 0 Å². The summed E-state index contributed by atoms with van der Waals surface area (Å²) in [5, 5.41) is 13.1. The van der Waals surface area contributed by atoms with Crippen LogP contribution in [0.15, 0.2) is 24.3 Å². The molecule has 0 aliphatic rings. The first kappa shape index (κ1) is 15.8. The Balaban J connectivity index is 1.85. The number of fused-ring (bicyclic) bond motifs is 1. The third-order valence-electron chi connectivity index (χ3n) is 3.76. The van der Waals surface area contributed by atoms with Crippen LogP contribution in [0.5, 0.6) is 0 Å². The summed E-state index contributed by atoms with van der Waals surface area (Å²) in [6.07, 6.45) is 1.97. The molecule has 1 unspecified atom stereocenters. The number of carbonyl (C=O) groups is 1. The lowest BCUT2D eigenvalue weighted by Crippen LogP contribution is -2.15. The number of hydrogen-bond donors (Lipinski definition) is 2. The molecule has 21 heavy (non-hydrogen) atoms. The van der Waals surface area contributed by atoms with Gasteiger partial charge < -0.3 is 10.4 Å². The molecule has 1 aromatic carbocycles. The molecule has 0 aliphatic carbocycles. The number of thiazole rings is 1. The van der Waals surface area contributed by atoms with Crippen LogP contribution in [0, 0.1) is 11.8 Å². The van der Waals surface area contributed by atoms with Crippen LogP contribution in [0.1, 0.15) is 33.1 Å². The molecule has 4 nitrogen and oxygen atoms in total. The zero-order valence-corrected chi connectivity index (χ0v) is 13.3. The molecule has 0 saturated carbocycles. The molecule has 1 aromatic heterocycles. The SMILES string of the molecule is CC(C)C(CCNc1nc2ccccc2s1)CCC(=O)O. The van der Waals surface area contributed by atoms with Gasteiger partial charge >= 0.3 is 5.97 Å². The van der Waals surface area contributed by atoms with Gasteiger partial charge in [0.2, 0.25) is 0 Å². The van der Waals surface area contributed by atoms with Crippen molar-refractivity contribution in [3.63, 3.8) is 0 Å². The van der Waals surface area contributed by atoms with E-state index in [2.05, 4.69) is 30.2 Å². The number of hydrogen-bond acceptors (Lipinski definition) is 4. The van der Waals surface area contributed by atoms with E-state index in [-0.39, 0.29) is 6.42 Å². The van der Waals surface area contributed by atoms with Gasteiger partial charge in [0.25, 0.3) is 0 Å². The van der Waals surface area contributed by atoms with Crippen molar-refractivity contribution >= 4 is 32.7 Å². The van der Waals surface area contributed by atoms with Gasteiger partial charge in [0.1, 0.15) is 0 Å². The molecule has 2 rings (SSSR count). The van der Waals surface area contributed by atoms with Crippen LogP contribution in [-0.2, 0) is 4.79 Å². The minimum atomic E-state index is -0.709. The summed E-state index contributed by atoms with van der Waals surface area (Å²) in [5.74, 6) is 0.226. The molecular formula is C16H22N2O2S. The fourth-order valence-corrected chi connectivity index (χ4v) is 3.32. The number of nitrogens with one attached hydrogen (secondary N) is 1. The number of benzene rings is 1. The molecule has 0 bridgehead atoms. The lowest BCUT2D eigenvalue weighted by atomic mass is 9.88. The maximum absolute atomic E-state index is 10.7. The quantitative estimate of drug-likeness (QED) is 0.766. The van der Waals surface area contributed by atoms with Crippen LogP contribution < -0.4 is 5.32 Å². The van der Waals surface area contributed by atoms with Gasteiger partial charge in [0, 0.05) is 13.0 Å². The lowest BCUT2D eigenvalue weighted by Gasteiger charge is -2.20. The summed E-state index contributed by atoms with van der Waals surface area (Å²) in [6.45, 7) is 5.15. The summed E-state index contributed by atoms with van der Waals surface area (Å²) in [5.41, 5.74) is 1.02. The zero-order valence-electron chi connectivity index (χ0n) is 12.5. The first-order valence-corrected chi connectivity index (χ1v) is 8.19. The molecule has 0 fully saturated rings. The molecule has 1 heterocycles. The van der Waals surface area contributed by atoms with E-state index in [0.29, 0.717) is 11.8 Å². The van der Waals surface area contributed by atoms with Crippen molar-refractivity contribution in [3.05, 3.63) is 24.3 Å². The maximum Gasteiger partial charge on any atom is 0.303 e. The van der Waals surface area contributed by atoms with Crippen molar-refractivity contribution in [2.75, 3.05) is 11.9 Å². The van der Waals surface area contributed by atoms with Crippen molar-refractivity contribution in [2.45, 2.75) is 33.1 Å². The largest absolute Gasteiger partial charge is 0.481 e. The van der Waals surface area contributed by atoms with Crippen molar-refractivity contribution in [1.29, 1.82) is 0 Å². The minimum Gasteiger partial charge on any atom is -0.481 e. The summed E-state index contributed by atoms with van der Waals surface area (Å²) >= 11 is 1.66. The minimum absolute atomic E-state index is 0.254. The van der Waals surface area contributed by atoms with Gasteiger partial charge in [0.15, 0.2) is 5.13 Å². The van der Waals surface area contributed by atoms with E-state index < -0.39 is 5.97 Å².